The van der Waals surface area contributed by atoms with Gasteiger partial charge in [0.1, 0.15) is 0 Å². The van der Waals surface area contributed by atoms with Crippen LogP contribution in [0, 0.1) is 0 Å². The predicted molar refractivity (Wildman–Crippen MR) is 168 cm³/mol. The van der Waals surface area contributed by atoms with Crippen molar-refractivity contribution in [3.63, 3.8) is 0 Å². The number of hydrogen-bond donors (Lipinski definition) is 0. The first-order chi connectivity index (χ1) is 16.4. The van der Waals surface area contributed by atoms with Gasteiger partial charge in [-0.1, -0.05) is 0 Å². The summed E-state index contributed by atoms with van der Waals surface area (Å²) in [6.45, 7) is 32.9. The Bertz CT molecular complexity index is 670. The summed E-state index contributed by atoms with van der Waals surface area (Å²) in [6, 6.07) is 0. The molecule has 0 aromatic carbocycles. The third-order valence-corrected chi connectivity index (χ3v) is 33.4. The quantitative estimate of drug-likeness (QED) is 0.176. The average molecular weight is 648 g/mol. The summed E-state index contributed by atoms with van der Waals surface area (Å²) in [5, 5.41) is 0.321. The van der Waals surface area contributed by atoms with Gasteiger partial charge in [-0.05, 0) is 0 Å². The van der Waals surface area contributed by atoms with Gasteiger partial charge < -0.3 is 0 Å². The summed E-state index contributed by atoms with van der Waals surface area (Å²) >= 11 is -2.72. The Morgan fingerprint density at radius 3 is 1.50 bits per heavy atom. The fraction of sp³-hybridized carbons (Fsp3) is 0.933. The molecule has 3 nitrogen and oxygen atoms in total. The molecular weight excluding hydrogens is 583 g/mol. The van der Waals surface area contributed by atoms with E-state index in [2.05, 4.69) is 102 Å². The van der Waals surface area contributed by atoms with Crippen molar-refractivity contribution in [3.05, 3.63) is 9.85 Å². The molecular formula is C30H64O3Si2Sn. The van der Waals surface area contributed by atoms with Crippen LogP contribution in [0.15, 0.2) is 9.85 Å². The van der Waals surface area contributed by atoms with Gasteiger partial charge in [0.05, 0.1) is 0 Å². The van der Waals surface area contributed by atoms with E-state index < -0.39 is 35.0 Å². The second kappa shape index (κ2) is 13.9. The molecule has 0 fully saturated rings. The van der Waals surface area contributed by atoms with E-state index in [1.165, 1.54) is 55.6 Å². The Kier molecular flexibility index (Phi) is 13.4. The van der Waals surface area contributed by atoms with Gasteiger partial charge in [0, 0.05) is 0 Å². The molecule has 0 saturated heterocycles. The van der Waals surface area contributed by atoms with Crippen LogP contribution >= 0.6 is 0 Å². The second-order valence-corrected chi connectivity index (χ2v) is 37.1. The summed E-state index contributed by atoms with van der Waals surface area (Å²) in [7, 11) is -3.98. The Morgan fingerprint density at radius 1 is 0.750 bits per heavy atom. The molecule has 36 heavy (non-hydrogen) atoms. The molecule has 0 unspecified atom stereocenters. The second-order valence-electron chi connectivity index (χ2n) is 14.6. The van der Waals surface area contributed by atoms with Crippen molar-refractivity contribution in [3.8, 4) is 0 Å². The molecule has 1 heterocycles. The van der Waals surface area contributed by atoms with Crippen molar-refractivity contribution >= 4 is 35.0 Å². The van der Waals surface area contributed by atoms with Crippen molar-refractivity contribution in [2.75, 3.05) is 0 Å². The first kappa shape index (κ1) is 34.7. The molecule has 0 N–H and O–H groups in total. The number of ether oxygens (including phenoxy) is 1. The standard InChI is InChI=1S/C18H37O3Si2.3C4H9.Sn/c1-14-16(21-23(10,11)18(5,6)7)15(12-13-19-14)20-22(8,9)17(2,3)4;3*1-3-4-2;/h12,14-16H,1-11H3;3*1,3-4H2,2H3;/t14-,15-,16-;;;;/m1..../s1. The maximum absolute atomic E-state index is 7.24. The van der Waals surface area contributed by atoms with Crippen LogP contribution in [-0.2, 0) is 13.6 Å². The van der Waals surface area contributed by atoms with Crippen LogP contribution in [0.2, 0.25) is 49.6 Å². The van der Waals surface area contributed by atoms with Gasteiger partial charge in [-0.3, -0.25) is 0 Å². The van der Waals surface area contributed by atoms with Crippen LogP contribution in [0.5, 0.6) is 0 Å². The van der Waals surface area contributed by atoms with Crippen LogP contribution in [0.4, 0.5) is 0 Å². The van der Waals surface area contributed by atoms with Gasteiger partial charge in [-0.2, -0.15) is 0 Å². The summed E-state index contributed by atoms with van der Waals surface area (Å²) in [4.78, 5) is 0. The van der Waals surface area contributed by atoms with E-state index in [0.717, 1.165) is 0 Å². The van der Waals surface area contributed by atoms with E-state index >= 15 is 0 Å². The van der Waals surface area contributed by atoms with E-state index in [1.807, 2.05) is 0 Å². The fourth-order valence-corrected chi connectivity index (χ4v) is 23.1. The molecule has 0 amide bonds. The first-order valence-corrected chi connectivity index (χ1v) is 28.4. The molecule has 1 aliphatic heterocycles. The Morgan fingerprint density at radius 2 is 1.14 bits per heavy atom. The minimum absolute atomic E-state index is 0.000258. The SMILES string of the molecule is CCC[CH2][Sn]([CH2]CCC)([CH2]CCC)[C]1=C[C@@H](O[Si](C)(C)C(C)(C)C)[C@H](O[Si](C)(C)C(C)(C)C)[C@@H](C)O1. The van der Waals surface area contributed by atoms with Crippen LogP contribution in [0.1, 0.15) is 108 Å². The molecule has 214 valence electrons. The first-order valence-electron chi connectivity index (χ1n) is 15.1. The monoisotopic (exact) mass is 648 g/mol. The molecule has 1 rings (SSSR count). The molecule has 3 atom stereocenters. The summed E-state index contributed by atoms with van der Waals surface area (Å²) in [6.07, 6.45) is 10.4. The molecule has 0 bridgehead atoms. The Balaban J connectivity index is 3.62. The molecule has 1 aliphatic rings. The van der Waals surface area contributed by atoms with Gasteiger partial charge in [0.25, 0.3) is 0 Å². The molecule has 0 aromatic heterocycles. The fourth-order valence-electron chi connectivity index (χ4n) is 4.71. The van der Waals surface area contributed by atoms with Crippen molar-refractivity contribution in [1.29, 1.82) is 0 Å². The minimum atomic E-state index is -2.72. The van der Waals surface area contributed by atoms with Gasteiger partial charge in [0.15, 0.2) is 0 Å². The van der Waals surface area contributed by atoms with E-state index in [4.69, 9.17) is 13.6 Å². The van der Waals surface area contributed by atoms with Crippen molar-refractivity contribution in [1.82, 2.24) is 0 Å². The normalized spacial score (nSPS) is 22.4. The van der Waals surface area contributed by atoms with Crippen molar-refractivity contribution in [2.45, 2.75) is 176 Å². The van der Waals surface area contributed by atoms with Crippen LogP contribution in [0.3, 0.4) is 0 Å². The summed E-state index contributed by atoms with van der Waals surface area (Å²) in [5.74, 6) is 0. The zero-order valence-electron chi connectivity index (χ0n) is 26.9. The predicted octanol–water partition coefficient (Wildman–Crippen LogP) is 10.5. The van der Waals surface area contributed by atoms with Crippen LogP contribution < -0.4 is 0 Å². The Labute approximate surface area is 233 Å². The maximum atomic E-state index is 7.24. The van der Waals surface area contributed by atoms with E-state index in [0.29, 0.717) is 0 Å². The molecule has 0 radical (unpaired) electrons. The molecule has 0 saturated carbocycles. The third-order valence-electron chi connectivity index (χ3n) is 9.44. The average Bonchev–Trinajstić information content (AvgIpc) is 2.74. The summed E-state index contributed by atoms with van der Waals surface area (Å²) < 4.78 is 27.1. The van der Waals surface area contributed by atoms with Gasteiger partial charge in [-0.25, -0.2) is 0 Å². The van der Waals surface area contributed by atoms with Gasteiger partial charge >= 0.3 is 234 Å². The molecule has 0 spiro atoms. The van der Waals surface area contributed by atoms with Crippen LogP contribution in [-0.4, -0.2) is 53.3 Å². The van der Waals surface area contributed by atoms with Crippen molar-refractivity contribution in [2.24, 2.45) is 0 Å². The van der Waals surface area contributed by atoms with Gasteiger partial charge in [-0.15, -0.1) is 0 Å². The molecule has 0 aromatic rings. The molecule has 6 heteroatoms. The van der Waals surface area contributed by atoms with Gasteiger partial charge in [0.2, 0.25) is 0 Å². The molecule has 0 aliphatic carbocycles. The van der Waals surface area contributed by atoms with Crippen LogP contribution in [0.25, 0.3) is 0 Å². The number of hydrogen-bond acceptors (Lipinski definition) is 3. The Hall–Kier alpha value is 0.692. The van der Waals surface area contributed by atoms with E-state index in [9.17, 15) is 0 Å². The van der Waals surface area contributed by atoms with E-state index in [-0.39, 0.29) is 28.4 Å². The van der Waals surface area contributed by atoms with Crippen molar-refractivity contribution < 1.29 is 13.6 Å². The third kappa shape index (κ3) is 9.13. The summed E-state index contributed by atoms with van der Waals surface area (Å²) in [5.41, 5.74) is 0. The topological polar surface area (TPSA) is 27.7 Å². The zero-order chi connectivity index (χ0) is 28.0. The zero-order valence-corrected chi connectivity index (χ0v) is 31.8. The van der Waals surface area contributed by atoms with E-state index in [1.54, 1.807) is 0 Å². The number of unbranched alkanes of at least 4 members (excludes halogenated alkanes) is 3. The number of rotatable bonds is 14.